The van der Waals surface area contributed by atoms with Crippen LogP contribution < -0.4 is 5.32 Å². The number of carbonyl (C=O) groups is 2. The van der Waals surface area contributed by atoms with Gasteiger partial charge in [0.15, 0.2) is 5.78 Å². The number of Topliss-reactive ketones (excluding diaryl/α,β-unsaturated/α-hetero) is 1. The van der Waals surface area contributed by atoms with Crippen LogP contribution in [0.2, 0.25) is 0 Å². The van der Waals surface area contributed by atoms with E-state index < -0.39 is 10.8 Å². The Labute approximate surface area is 269 Å². The van der Waals surface area contributed by atoms with E-state index in [1.807, 2.05) is 36.4 Å². The Kier molecular flexibility index (Phi) is 6.84. The summed E-state index contributed by atoms with van der Waals surface area (Å²) in [5, 5.41) is 3.26. The molecule has 2 heterocycles. The van der Waals surface area contributed by atoms with Crippen LogP contribution in [0.25, 0.3) is 6.08 Å². The molecule has 2 aromatic rings. The zero-order valence-corrected chi connectivity index (χ0v) is 28.5. The summed E-state index contributed by atoms with van der Waals surface area (Å²) >= 11 is 0. The lowest BCUT2D eigenvalue weighted by molar-refractivity contribution is -0.178. The van der Waals surface area contributed by atoms with Crippen molar-refractivity contribution in [2.45, 2.75) is 106 Å². The smallest absolute Gasteiger partial charge is 0.232 e. The van der Waals surface area contributed by atoms with Crippen molar-refractivity contribution in [3.63, 3.8) is 0 Å². The lowest BCUT2D eigenvalue weighted by Gasteiger charge is -2.70. The largest absolute Gasteiger partial charge is 0.465 e. The molecule has 0 spiro atoms. The highest BCUT2D eigenvalue weighted by atomic mass is 16.3. The van der Waals surface area contributed by atoms with E-state index in [0.717, 1.165) is 69.1 Å². The summed E-state index contributed by atoms with van der Waals surface area (Å²) in [6.07, 6.45) is 17.0. The molecule has 45 heavy (non-hydrogen) atoms. The Bertz CT molecular complexity index is 1570. The maximum Gasteiger partial charge on any atom is 0.232 e. The summed E-state index contributed by atoms with van der Waals surface area (Å²) < 4.78 is 5.69. The summed E-state index contributed by atoms with van der Waals surface area (Å²) in [6.45, 7) is 16.8. The number of hydrogen-bond acceptors (Lipinski definition) is 4. The van der Waals surface area contributed by atoms with Gasteiger partial charge in [0, 0.05) is 11.6 Å². The van der Waals surface area contributed by atoms with Gasteiger partial charge in [-0.1, -0.05) is 66.2 Å². The first kappa shape index (κ1) is 30.7. The number of furan rings is 1. The number of pyridine rings is 1. The molecular weight excluding hydrogens is 556 g/mol. The number of aromatic nitrogens is 1. The van der Waals surface area contributed by atoms with Crippen LogP contribution in [-0.2, 0) is 9.59 Å². The van der Waals surface area contributed by atoms with Crippen LogP contribution in [0.1, 0.15) is 112 Å². The Morgan fingerprint density at radius 3 is 2.44 bits per heavy atom. The van der Waals surface area contributed by atoms with Gasteiger partial charge >= 0.3 is 0 Å². The Morgan fingerprint density at radius 2 is 1.73 bits per heavy atom. The monoisotopic (exact) mass is 608 g/mol. The van der Waals surface area contributed by atoms with Gasteiger partial charge in [-0.15, -0.1) is 0 Å². The topological polar surface area (TPSA) is 72.2 Å². The minimum Gasteiger partial charge on any atom is -0.465 e. The molecule has 0 aliphatic heterocycles. The van der Waals surface area contributed by atoms with Gasteiger partial charge in [0.25, 0.3) is 0 Å². The van der Waals surface area contributed by atoms with Crippen LogP contribution in [0.15, 0.2) is 64.4 Å². The molecular formula is C40H52N2O3. The van der Waals surface area contributed by atoms with E-state index in [1.165, 1.54) is 0 Å². The normalized spacial score (nSPS) is 40.8. The van der Waals surface area contributed by atoms with Crippen molar-refractivity contribution in [3.05, 3.63) is 65.8 Å². The molecule has 5 nitrogen and oxygen atoms in total. The van der Waals surface area contributed by atoms with Crippen LogP contribution >= 0.6 is 0 Å². The summed E-state index contributed by atoms with van der Waals surface area (Å²) in [7, 11) is 0. The molecule has 4 saturated carbocycles. The molecule has 7 rings (SSSR count). The number of anilines is 1. The van der Waals surface area contributed by atoms with Crippen LogP contribution in [0.5, 0.6) is 0 Å². The van der Waals surface area contributed by atoms with Gasteiger partial charge in [-0.25, -0.2) is 4.98 Å². The molecule has 7 atom stereocenters. The quantitative estimate of drug-likeness (QED) is 0.278. The third-order valence-electron chi connectivity index (χ3n) is 14.4. The number of ketones is 1. The molecule has 5 aliphatic carbocycles. The van der Waals surface area contributed by atoms with Crippen molar-refractivity contribution in [2.24, 2.45) is 50.2 Å². The zero-order chi connectivity index (χ0) is 32.0. The van der Waals surface area contributed by atoms with E-state index >= 15 is 0 Å². The van der Waals surface area contributed by atoms with Crippen molar-refractivity contribution in [3.8, 4) is 0 Å². The lowest BCUT2D eigenvalue weighted by Crippen LogP contribution is -2.65. The Balaban J connectivity index is 1.29. The number of allylic oxidation sites excluding steroid dienone is 3. The van der Waals surface area contributed by atoms with Crippen molar-refractivity contribution in [1.82, 2.24) is 4.98 Å². The first-order chi connectivity index (χ1) is 21.2. The SMILES string of the molecule is CC1(C)CC[C@]2(C(=O)Nc3ccccn3)CC[C@]3(C)C(=CC[C@@H]4[C@@]5(C)C/C(=C/c6ccco6)C(=O)C(C)(C)[C@@H]5CC[C@]43C)[C@H]2C1. The molecule has 0 saturated heterocycles. The van der Waals surface area contributed by atoms with Crippen molar-refractivity contribution in [1.29, 1.82) is 0 Å². The second kappa shape index (κ2) is 10.0. The summed E-state index contributed by atoms with van der Waals surface area (Å²) in [5.41, 5.74) is 1.92. The van der Waals surface area contributed by atoms with E-state index in [0.29, 0.717) is 17.7 Å². The van der Waals surface area contributed by atoms with Crippen LogP contribution in [0.3, 0.4) is 0 Å². The predicted molar refractivity (Wildman–Crippen MR) is 179 cm³/mol. The summed E-state index contributed by atoms with van der Waals surface area (Å²) in [4.78, 5) is 32.8. The second-order valence-electron chi connectivity index (χ2n) is 17.5. The number of nitrogens with one attached hydrogen (secondary N) is 1. The summed E-state index contributed by atoms with van der Waals surface area (Å²) in [6, 6.07) is 9.58. The average Bonchev–Trinajstić information content (AvgIpc) is 3.49. The molecule has 0 aromatic carbocycles. The summed E-state index contributed by atoms with van der Waals surface area (Å²) in [5.74, 6) is 2.88. The second-order valence-corrected chi connectivity index (χ2v) is 17.5. The molecule has 0 unspecified atom stereocenters. The van der Waals surface area contributed by atoms with Gasteiger partial charge in [-0.3, -0.25) is 9.59 Å². The van der Waals surface area contributed by atoms with E-state index in [2.05, 4.69) is 64.8 Å². The van der Waals surface area contributed by atoms with E-state index in [-0.39, 0.29) is 39.3 Å². The number of carbonyl (C=O) groups excluding carboxylic acids is 2. The van der Waals surface area contributed by atoms with E-state index in [9.17, 15) is 9.59 Å². The zero-order valence-electron chi connectivity index (χ0n) is 28.5. The Morgan fingerprint density at radius 1 is 0.956 bits per heavy atom. The highest BCUT2D eigenvalue weighted by molar-refractivity contribution is 6.04. The number of hydrogen-bond donors (Lipinski definition) is 1. The number of nitrogens with zero attached hydrogens (tertiary/aromatic N) is 1. The van der Waals surface area contributed by atoms with Gasteiger partial charge in [-0.2, -0.15) is 0 Å². The van der Waals surface area contributed by atoms with Crippen molar-refractivity contribution in [2.75, 3.05) is 5.32 Å². The first-order valence-electron chi connectivity index (χ1n) is 17.4. The standard InChI is InChI=1S/C40H52N2O3/c1-35(2)17-19-40(34(44)42-32-12-8-9-21-41-32)20-18-38(6)28(29(40)25-35)13-14-31-37(5)24-26(23-27-11-10-22-45-27)33(43)36(3,4)30(37)15-16-39(31,38)7/h8-13,21-23,29-31H,14-20,24-25H2,1-7H3,(H,41,42,44)/b26-23-/t29-,30+,31-,37+,38-,39-,40+/m1/s1. The van der Waals surface area contributed by atoms with Crippen molar-refractivity contribution < 1.29 is 14.0 Å². The third kappa shape index (κ3) is 4.34. The van der Waals surface area contributed by atoms with Crippen LogP contribution in [-0.4, -0.2) is 16.7 Å². The lowest BCUT2D eigenvalue weighted by atomic mass is 9.33. The number of amides is 1. The molecule has 4 fully saturated rings. The maximum absolute atomic E-state index is 14.4. The highest BCUT2D eigenvalue weighted by Crippen LogP contribution is 2.75. The van der Waals surface area contributed by atoms with Gasteiger partial charge in [0.2, 0.25) is 5.91 Å². The fourth-order valence-corrected chi connectivity index (χ4v) is 11.8. The van der Waals surface area contributed by atoms with Gasteiger partial charge in [0.05, 0.1) is 11.7 Å². The molecule has 2 aromatic heterocycles. The molecule has 0 radical (unpaired) electrons. The van der Waals surface area contributed by atoms with Gasteiger partial charge in [-0.05, 0) is 133 Å². The predicted octanol–water partition coefficient (Wildman–Crippen LogP) is 9.68. The first-order valence-corrected chi connectivity index (χ1v) is 17.4. The van der Waals surface area contributed by atoms with Crippen LogP contribution in [0.4, 0.5) is 5.82 Å². The van der Waals surface area contributed by atoms with E-state index in [1.54, 1.807) is 18.0 Å². The minimum atomic E-state index is -0.420. The molecule has 0 bridgehead atoms. The fraction of sp³-hybridized carbons (Fsp3) is 0.625. The maximum atomic E-state index is 14.4. The third-order valence-corrected chi connectivity index (χ3v) is 14.4. The number of fused-ring (bicyclic) bond motifs is 7. The Hall–Kier alpha value is -2.95. The highest BCUT2D eigenvalue weighted by Gasteiger charge is 2.69. The van der Waals surface area contributed by atoms with Gasteiger partial charge < -0.3 is 9.73 Å². The van der Waals surface area contributed by atoms with Gasteiger partial charge in [0.1, 0.15) is 11.6 Å². The molecule has 240 valence electrons. The molecule has 5 heteroatoms. The van der Waals surface area contributed by atoms with E-state index in [4.69, 9.17) is 4.42 Å². The van der Waals surface area contributed by atoms with Crippen molar-refractivity contribution >= 4 is 23.6 Å². The number of rotatable bonds is 3. The average molecular weight is 609 g/mol. The minimum absolute atomic E-state index is 0.00719. The molecule has 5 aliphatic rings. The van der Waals surface area contributed by atoms with Crippen LogP contribution in [0, 0.1) is 50.2 Å². The molecule has 1 N–H and O–H groups in total. The fourth-order valence-electron chi connectivity index (χ4n) is 11.8. The molecule has 1 amide bonds.